The predicted octanol–water partition coefficient (Wildman–Crippen LogP) is 9.80. The van der Waals surface area contributed by atoms with Crippen LogP contribution in [0.2, 0.25) is 0 Å². The van der Waals surface area contributed by atoms with Gasteiger partial charge in [-0.2, -0.15) is 0 Å². The normalized spacial score (nSPS) is 11.1. The molecule has 0 atom stereocenters. The third kappa shape index (κ3) is 3.52. The first-order valence-electron chi connectivity index (χ1n) is 5.24. The minimum Gasteiger partial charge on any atom is -0.397 e. The summed E-state index contributed by atoms with van der Waals surface area (Å²) < 4.78 is 7.79. The lowest BCUT2D eigenvalue weighted by atomic mass is 10.0. The summed E-state index contributed by atoms with van der Waals surface area (Å²) in [5, 5.41) is 0. The molecule has 0 saturated heterocycles. The number of hydrogen-bond acceptors (Lipinski definition) is 1. The monoisotopic (exact) mass is 870 g/mol. The van der Waals surface area contributed by atoms with Crippen LogP contribution in [0.3, 0.4) is 0 Å². The number of nitrogen functional groups attached to an aromatic ring is 1. The van der Waals surface area contributed by atoms with Gasteiger partial charge in [0, 0.05) is 46.9 Å². The molecule has 2 N–H and O–H groups in total. The summed E-state index contributed by atoms with van der Waals surface area (Å²) in [6.45, 7) is 0. The summed E-state index contributed by atoms with van der Waals surface area (Å²) in [6, 6.07) is 0. The molecule has 1 nitrogen and oxygen atoms in total. The van der Waals surface area contributed by atoms with E-state index in [4.69, 9.17) is 5.73 Å². The molecule has 0 spiro atoms. The Labute approximate surface area is 203 Å². The Hall–Kier alpha value is 2.56. The second kappa shape index (κ2) is 8.06. The summed E-state index contributed by atoms with van der Waals surface area (Å²) in [6.07, 6.45) is 0. The van der Waals surface area contributed by atoms with E-state index in [1.54, 1.807) is 0 Å². The Morgan fingerprint density at radius 2 is 0.636 bits per heavy atom. The van der Waals surface area contributed by atoms with E-state index in [0.717, 1.165) is 51.4 Å². The van der Waals surface area contributed by atoms with Crippen molar-refractivity contribution in [1.82, 2.24) is 0 Å². The first-order valence-corrected chi connectivity index (χ1v) is 12.4. The number of anilines is 1. The van der Waals surface area contributed by atoms with Crippen molar-refractivity contribution in [1.29, 1.82) is 0 Å². The number of nitrogens with two attached hydrogens (primary N) is 1. The molecule has 0 fully saturated rings. The van der Waals surface area contributed by atoms with E-state index in [1.165, 1.54) is 0 Å². The molecular weight excluding hydrogens is 877 g/mol. The van der Waals surface area contributed by atoms with Crippen molar-refractivity contribution in [3.8, 4) is 11.1 Å². The van der Waals surface area contributed by atoms with Gasteiger partial charge in [0.2, 0.25) is 0 Å². The van der Waals surface area contributed by atoms with Gasteiger partial charge in [0.1, 0.15) is 0 Å². The molecule has 22 heavy (non-hydrogen) atoms. The highest BCUT2D eigenvalue weighted by Crippen LogP contribution is 2.54. The van der Waals surface area contributed by atoms with Crippen LogP contribution in [0.4, 0.5) is 5.69 Å². The van der Waals surface area contributed by atoms with Crippen LogP contribution in [-0.2, 0) is 0 Å². The highest BCUT2D eigenvalue weighted by atomic mass is 79.9. The van der Waals surface area contributed by atoms with Crippen molar-refractivity contribution in [2.45, 2.75) is 0 Å². The van der Waals surface area contributed by atoms with Gasteiger partial charge >= 0.3 is 0 Å². The quantitative estimate of drug-likeness (QED) is 0.173. The fraction of sp³-hybridized carbons (Fsp3) is 0. The van der Waals surface area contributed by atoms with E-state index >= 15 is 0 Å². The van der Waals surface area contributed by atoms with Gasteiger partial charge in [-0.05, 0) is 143 Å². The third-order valence-electron chi connectivity index (χ3n) is 2.76. The predicted molar refractivity (Wildman–Crippen MR) is 126 cm³/mol. The number of benzene rings is 2. The summed E-state index contributed by atoms with van der Waals surface area (Å²) >= 11 is 32.2. The SMILES string of the molecule is Nc1c(Br)c(Br)c(Br)c(Br)c1-c1c(Br)c(Br)c(Br)c(Br)c1Br. The van der Waals surface area contributed by atoms with Gasteiger partial charge in [-0.3, -0.25) is 0 Å². The molecule has 0 aliphatic carbocycles. The average molecular weight is 879 g/mol. The van der Waals surface area contributed by atoms with Gasteiger partial charge in [0.05, 0.1) is 10.2 Å². The second-order valence-corrected chi connectivity index (χ2v) is 11.1. The maximum atomic E-state index is 6.35. The lowest BCUT2D eigenvalue weighted by molar-refractivity contribution is 1.41. The average Bonchev–Trinajstić information content (AvgIpc) is 2.50. The molecule has 0 unspecified atom stereocenters. The Morgan fingerprint density at radius 1 is 0.364 bits per heavy atom. The van der Waals surface area contributed by atoms with Crippen LogP contribution in [0, 0.1) is 0 Å². The van der Waals surface area contributed by atoms with E-state index in [1.807, 2.05) is 0 Å². The van der Waals surface area contributed by atoms with E-state index in [9.17, 15) is 0 Å². The van der Waals surface area contributed by atoms with Crippen LogP contribution in [0.5, 0.6) is 0 Å². The summed E-state index contributed by atoms with van der Waals surface area (Å²) in [5.41, 5.74) is 8.74. The summed E-state index contributed by atoms with van der Waals surface area (Å²) in [7, 11) is 0. The van der Waals surface area contributed by atoms with E-state index in [-0.39, 0.29) is 0 Å². The molecule has 0 saturated carbocycles. The summed E-state index contributed by atoms with van der Waals surface area (Å²) in [4.78, 5) is 0. The van der Waals surface area contributed by atoms with E-state index in [0.29, 0.717) is 5.69 Å². The maximum absolute atomic E-state index is 6.35. The maximum Gasteiger partial charge on any atom is 0.0565 e. The molecule has 2 aromatic carbocycles. The van der Waals surface area contributed by atoms with Crippen LogP contribution in [0.25, 0.3) is 11.1 Å². The fourth-order valence-electron chi connectivity index (χ4n) is 1.72. The lowest BCUT2D eigenvalue weighted by Gasteiger charge is -2.19. The molecule has 0 amide bonds. The number of hydrogen-bond donors (Lipinski definition) is 1. The molecular formula is C12H2Br9N. The Morgan fingerprint density at radius 3 is 1.05 bits per heavy atom. The van der Waals surface area contributed by atoms with E-state index in [2.05, 4.69) is 143 Å². The zero-order chi connectivity index (χ0) is 16.9. The lowest BCUT2D eigenvalue weighted by Crippen LogP contribution is -1.98. The molecule has 0 radical (unpaired) electrons. The number of rotatable bonds is 1. The van der Waals surface area contributed by atoms with Crippen molar-refractivity contribution in [2.75, 3.05) is 5.73 Å². The Bertz CT molecular complexity index is 675. The van der Waals surface area contributed by atoms with Crippen molar-refractivity contribution in [3.05, 3.63) is 40.3 Å². The smallest absolute Gasteiger partial charge is 0.0565 e. The largest absolute Gasteiger partial charge is 0.397 e. The molecule has 2 aromatic rings. The van der Waals surface area contributed by atoms with Gasteiger partial charge in [-0.15, -0.1) is 0 Å². The van der Waals surface area contributed by atoms with Gasteiger partial charge in [-0.1, -0.05) is 0 Å². The van der Waals surface area contributed by atoms with Crippen molar-refractivity contribution in [2.24, 2.45) is 0 Å². The number of halogens is 9. The van der Waals surface area contributed by atoms with Crippen molar-refractivity contribution in [3.63, 3.8) is 0 Å². The van der Waals surface area contributed by atoms with Crippen LogP contribution < -0.4 is 5.73 Å². The van der Waals surface area contributed by atoms with Crippen molar-refractivity contribution >= 4 is 149 Å². The minimum atomic E-state index is 0.615. The molecule has 10 heteroatoms. The molecule has 2 rings (SSSR count). The van der Waals surface area contributed by atoms with Gasteiger partial charge < -0.3 is 5.73 Å². The standard InChI is InChI=1S/C12H2Br9N/c13-3-1(4(14)7(17)9(19)6(3)16)2-5(15)8(18)10(20)11(21)12(2)22/h22H2. The topological polar surface area (TPSA) is 26.0 Å². The second-order valence-electron chi connectivity index (χ2n) is 3.99. The molecule has 0 aliphatic rings. The molecule has 118 valence electrons. The van der Waals surface area contributed by atoms with Gasteiger partial charge in [0.15, 0.2) is 0 Å². The third-order valence-corrected chi connectivity index (χ3v) is 13.7. The Balaban J connectivity index is 3.03. The molecule has 0 aliphatic heterocycles. The minimum absolute atomic E-state index is 0.615. The van der Waals surface area contributed by atoms with Crippen LogP contribution in [0.1, 0.15) is 0 Å². The van der Waals surface area contributed by atoms with Crippen LogP contribution in [0.15, 0.2) is 40.3 Å². The summed E-state index contributed by atoms with van der Waals surface area (Å²) in [5.74, 6) is 0. The van der Waals surface area contributed by atoms with Gasteiger partial charge in [-0.25, -0.2) is 0 Å². The highest BCUT2D eigenvalue weighted by molar-refractivity contribution is 9.16. The molecule has 0 bridgehead atoms. The zero-order valence-electron chi connectivity index (χ0n) is 9.98. The first-order chi connectivity index (χ1) is 10.1. The van der Waals surface area contributed by atoms with Crippen molar-refractivity contribution < 1.29 is 0 Å². The first kappa shape index (κ1) is 20.9. The van der Waals surface area contributed by atoms with Gasteiger partial charge in [0.25, 0.3) is 0 Å². The van der Waals surface area contributed by atoms with Crippen LogP contribution >= 0.6 is 143 Å². The Kier molecular flexibility index (Phi) is 7.65. The molecule has 0 aromatic heterocycles. The van der Waals surface area contributed by atoms with E-state index < -0.39 is 0 Å². The highest BCUT2D eigenvalue weighted by Gasteiger charge is 2.25. The zero-order valence-corrected chi connectivity index (χ0v) is 24.3. The van der Waals surface area contributed by atoms with Crippen LogP contribution in [-0.4, -0.2) is 0 Å². The molecule has 0 heterocycles. The fourth-order valence-corrected chi connectivity index (χ4v) is 7.51.